The molecule has 0 spiro atoms. The molecule has 0 amide bonds. The maximum absolute atomic E-state index is 12.2. The fourth-order valence-corrected chi connectivity index (χ4v) is 3.99. The van der Waals surface area contributed by atoms with Gasteiger partial charge in [-0.1, -0.05) is 17.7 Å². The van der Waals surface area contributed by atoms with Crippen LogP contribution in [0.3, 0.4) is 0 Å². The summed E-state index contributed by atoms with van der Waals surface area (Å²) >= 11 is 1.64. The quantitative estimate of drug-likeness (QED) is 0.334. The molecule has 0 fully saturated rings. The van der Waals surface area contributed by atoms with E-state index in [1.807, 2.05) is 20.8 Å². The molecule has 0 aliphatic carbocycles. The van der Waals surface area contributed by atoms with Crippen molar-refractivity contribution in [1.82, 2.24) is 20.3 Å². The molecule has 2 aromatic rings. The first-order valence-electron chi connectivity index (χ1n) is 8.90. The third kappa shape index (κ3) is 7.28. The number of hydrogen-bond acceptors (Lipinski definition) is 5. The van der Waals surface area contributed by atoms with Crippen LogP contribution in [0, 0.1) is 13.8 Å². The molecular formula is C18H27N5O2S2. The molecule has 27 heavy (non-hydrogen) atoms. The standard InChI is InChI=1S/C18H27N5O2S2/c1-4-19-18(20-10-9-16-13-26-15(3)23-16)21-11-12-22-27(24,25)17-7-5-14(2)6-8-17/h5-8,13,22H,4,9-12H2,1-3H3,(H2,19,20,21). The second-order valence-electron chi connectivity index (χ2n) is 6.01. The monoisotopic (exact) mass is 409 g/mol. The number of aliphatic imine (C=N–C) groups is 1. The van der Waals surface area contributed by atoms with Crippen LogP contribution in [-0.4, -0.2) is 45.5 Å². The minimum absolute atomic E-state index is 0.234. The Bertz CT molecular complexity index is 845. The molecule has 3 N–H and O–H groups in total. The molecule has 1 aromatic heterocycles. The van der Waals surface area contributed by atoms with Gasteiger partial charge in [0, 0.05) is 31.4 Å². The summed E-state index contributed by atoms with van der Waals surface area (Å²) in [6.07, 6.45) is 0.814. The summed E-state index contributed by atoms with van der Waals surface area (Å²) in [5.74, 6) is 0.666. The number of nitrogens with zero attached hydrogens (tertiary/aromatic N) is 2. The lowest BCUT2D eigenvalue weighted by atomic mass is 10.2. The van der Waals surface area contributed by atoms with E-state index in [1.54, 1.807) is 35.6 Å². The Hall–Kier alpha value is -1.97. The summed E-state index contributed by atoms with van der Waals surface area (Å²) in [4.78, 5) is 9.11. The van der Waals surface area contributed by atoms with Crippen LogP contribution >= 0.6 is 11.3 Å². The first kappa shape index (κ1) is 21.3. The molecule has 0 bridgehead atoms. The van der Waals surface area contributed by atoms with Gasteiger partial charge in [-0.2, -0.15) is 0 Å². The van der Waals surface area contributed by atoms with Gasteiger partial charge in [0.2, 0.25) is 10.0 Å². The molecule has 7 nitrogen and oxygen atoms in total. The van der Waals surface area contributed by atoms with Crippen molar-refractivity contribution in [2.24, 2.45) is 4.99 Å². The zero-order chi connectivity index (χ0) is 19.7. The topological polar surface area (TPSA) is 95.5 Å². The average molecular weight is 410 g/mol. The van der Waals surface area contributed by atoms with Gasteiger partial charge in [-0.15, -0.1) is 11.3 Å². The van der Waals surface area contributed by atoms with Gasteiger partial charge in [0.1, 0.15) is 0 Å². The predicted molar refractivity (Wildman–Crippen MR) is 111 cm³/mol. The summed E-state index contributed by atoms with van der Waals surface area (Å²) in [5, 5.41) is 9.51. The van der Waals surface area contributed by atoms with E-state index >= 15 is 0 Å². The smallest absolute Gasteiger partial charge is 0.240 e. The van der Waals surface area contributed by atoms with Gasteiger partial charge in [-0.05, 0) is 32.9 Å². The Balaban J connectivity index is 1.80. The van der Waals surface area contributed by atoms with Crippen molar-refractivity contribution in [1.29, 1.82) is 0 Å². The van der Waals surface area contributed by atoms with E-state index in [0.29, 0.717) is 19.0 Å². The summed E-state index contributed by atoms with van der Waals surface area (Å²) in [5.41, 5.74) is 2.08. The molecule has 0 saturated carbocycles. The third-order valence-electron chi connectivity index (χ3n) is 3.69. The molecule has 0 unspecified atom stereocenters. The summed E-state index contributed by atoms with van der Waals surface area (Å²) in [7, 11) is -3.51. The molecule has 148 valence electrons. The minimum atomic E-state index is -3.51. The van der Waals surface area contributed by atoms with E-state index in [2.05, 4.69) is 30.7 Å². The molecule has 0 aliphatic heterocycles. The van der Waals surface area contributed by atoms with Crippen LogP contribution < -0.4 is 15.4 Å². The summed E-state index contributed by atoms with van der Waals surface area (Å²) in [6.45, 7) is 7.92. The van der Waals surface area contributed by atoms with Crippen LogP contribution in [0.5, 0.6) is 0 Å². The second-order valence-corrected chi connectivity index (χ2v) is 8.84. The number of aromatic nitrogens is 1. The van der Waals surface area contributed by atoms with Gasteiger partial charge < -0.3 is 10.6 Å². The van der Waals surface area contributed by atoms with Crippen LogP contribution in [0.1, 0.15) is 23.2 Å². The largest absolute Gasteiger partial charge is 0.357 e. The number of sulfonamides is 1. The first-order valence-corrected chi connectivity index (χ1v) is 11.3. The molecule has 1 aromatic carbocycles. The van der Waals surface area contributed by atoms with E-state index in [1.165, 1.54) is 0 Å². The Morgan fingerprint density at radius 2 is 1.89 bits per heavy atom. The number of benzene rings is 1. The van der Waals surface area contributed by atoms with Gasteiger partial charge >= 0.3 is 0 Å². The average Bonchev–Trinajstić information content (AvgIpc) is 3.04. The van der Waals surface area contributed by atoms with Gasteiger partial charge in [0.25, 0.3) is 0 Å². The number of aryl methyl sites for hydroxylation is 2. The van der Waals surface area contributed by atoms with Gasteiger partial charge in [-0.25, -0.2) is 18.1 Å². The zero-order valence-corrected chi connectivity index (χ0v) is 17.6. The summed E-state index contributed by atoms with van der Waals surface area (Å²) in [6, 6.07) is 6.77. The van der Waals surface area contributed by atoms with Crippen molar-refractivity contribution >= 4 is 27.3 Å². The van der Waals surface area contributed by atoms with E-state index in [4.69, 9.17) is 0 Å². The maximum atomic E-state index is 12.2. The van der Waals surface area contributed by atoms with Gasteiger partial charge in [0.05, 0.1) is 22.1 Å². The molecule has 0 radical (unpaired) electrons. The van der Waals surface area contributed by atoms with Crippen molar-refractivity contribution in [2.45, 2.75) is 32.1 Å². The number of nitrogens with one attached hydrogen (secondary N) is 3. The van der Waals surface area contributed by atoms with Crippen LogP contribution in [0.25, 0.3) is 0 Å². The second kappa shape index (κ2) is 10.4. The van der Waals surface area contributed by atoms with Crippen LogP contribution in [0.4, 0.5) is 0 Å². The Morgan fingerprint density at radius 1 is 1.15 bits per heavy atom. The fraction of sp³-hybridized carbons (Fsp3) is 0.444. The molecular weight excluding hydrogens is 382 g/mol. The third-order valence-corrected chi connectivity index (χ3v) is 5.99. The highest BCUT2D eigenvalue weighted by Gasteiger charge is 2.12. The Labute approximate surface area is 165 Å². The predicted octanol–water partition coefficient (Wildman–Crippen LogP) is 1.84. The molecule has 1 heterocycles. The molecule has 0 atom stereocenters. The highest BCUT2D eigenvalue weighted by molar-refractivity contribution is 7.89. The zero-order valence-electron chi connectivity index (χ0n) is 15.9. The Kier molecular flexibility index (Phi) is 8.21. The normalized spacial score (nSPS) is 12.2. The molecule has 0 aliphatic rings. The highest BCUT2D eigenvalue weighted by Crippen LogP contribution is 2.09. The minimum Gasteiger partial charge on any atom is -0.357 e. The van der Waals surface area contributed by atoms with E-state index in [-0.39, 0.29) is 11.4 Å². The van der Waals surface area contributed by atoms with Gasteiger partial charge in [-0.3, -0.25) is 4.99 Å². The maximum Gasteiger partial charge on any atom is 0.240 e. The van der Waals surface area contributed by atoms with Crippen LogP contribution in [0.2, 0.25) is 0 Å². The van der Waals surface area contributed by atoms with Crippen molar-refractivity contribution in [3.05, 3.63) is 45.9 Å². The highest BCUT2D eigenvalue weighted by atomic mass is 32.2. The van der Waals surface area contributed by atoms with Crippen LogP contribution in [0.15, 0.2) is 39.5 Å². The lowest BCUT2D eigenvalue weighted by molar-refractivity contribution is 0.582. The number of guanidine groups is 1. The molecule has 9 heteroatoms. The molecule has 0 saturated heterocycles. The van der Waals surface area contributed by atoms with E-state index in [0.717, 1.165) is 29.2 Å². The SMILES string of the molecule is CCNC(=NCCNS(=O)(=O)c1ccc(C)cc1)NCCc1csc(C)n1. The fourth-order valence-electron chi connectivity index (χ4n) is 2.32. The summed E-state index contributed by atoms with van der Waals surface area (Å²) < 4.78 is 27.1. The van der Waals surface area contributed by atoms with E-state index in [9.17, 15) is 8.42 Å². The Morgan fingerprint density at radius 3 is 2.52 bits per heavy atom. The van der Waals surface area contributed by atoms with Crippen molar-refractivity contribution in [2.75, 3.05) is 26.2 Å². The number of hydrogen-bond donors (Lipinski definition) is 3. The lowest BCUT2D eigenvalue weighted by Crippen LogP contribution is -2.39. The first-order chi connectivity index (χ1) is 12.9. The van der Waals surface area contributed by atoms with Crippen LogP contribution in [-0.2, 0) is 16.4 Å². The number of thiazole rings is 1. The van der Waals surface area contributed by atoms with E-state index < -0.39 is 10.0 Å². The number of rotatable bonds is 9. The van der Waals surface area contributed by atoms with Gasteiger partial charge in [0.15, 0.2) is 5.96 Å². The van der Waals surface area contributed by atoms with Crippen molar-refractivity contribution < 1.29 is 8.42 Å². The van der Waals surface area contributed by atoms with Crippen molar-refractivity contribution in [3.8, 4) is 0 Å². The van der Waals surface area contributed by atoms with Crippen molar-refractivity contribution in [3.63, 3.8) is 0 Å². The molecule has 2 rings (SSSR count). The lowest BCUT2D eigenvalue weighted by Gasteiger charge is -2.11.